The summed E-state index contributed by atoms with van der Waals surface area (Å²) < 4.78 is 5.52. The molecule has 3 atom stereocenters. The molecule has 1 saturated carbocycles. The normalized spacial score (nSPS) is 31.9. The highest BCUT2D eigenvalue weighted by Gasteiger charge is 2.49. The zero-order valence-electron chi connectivity index (χ0n) is 11.9. The summed E-state index contributed by atoms with van der Waals surface area (Å²) in [5, 5.41) is 4.67. The molecule has 2 nitrogen and oxygen atoms in total. The molecule has 1 fully saturated rings. The van der Waals surface area contributed by atoms with E-state index in [-0.39, 0.29) is 5.41 Å². The summed E-state index contributed by atoms with van der Waals surface area (Å²) in [5.74, 6) is 0. The number of halogens is 1. The van der Waals surface area contributed by atoms with Gasteiger partial charge >= 0.3 is 0 Å². The van der Waals surface area contributed by atoms with E-state index in [1.807, 2.05) is 13.2 Å². The second-order valence-corrected chi connectivity index (χ2v) is 6.87. The molecule has 104 valence electrons. The van der Waals surface area contributed by atoms with Crippen LogP contribution in [0.5, 0.6) is 0 Å². The molecule has 2 aliphatic rings. The van der Waals surface area contributed by atoms with Crippen molar-refractivity contribution in [3.8, 4) is 0 Å². The number of nitrogens with one attached hydrogen (secondary N) is 1. The van der Waals surface area contributed by atoms with E-state index in [0.717, 1.165) is 17.9 Å². The van der Waals surface area contributed by atoms with Gasteiger partial charge in [-0.25, -0.2) is 0 Å². The summed E-state index contributed by atoms with van der Waals surface area (Å²) in [6, 6.07) is 7.33. The quantitative estimate of drug-likeness (QED) is 0.910. The van der Waals surface area contributed by atoms with Gasteiger partial charge in [0.25, 0.3) is 0 Å². The number of rotatable bonds is 3. The van der Waals surface area contributed by atoms with Crippen LogP contribution in [0.3, 0.4) is 0 Å². The molecule has 3 rings (SSSR count). The van der Waals surface area contributed by atoms with Gasteiger partial charge in [-0.2, -0.15) is 0 Å². The van der Waals surface area contributed by atoms with E-state index in [0.29, 0.717) is 18.2 Å². The lowest BCUT2D eigenvalue weighted by Crippen LogP contribution is -2.61. The van der Waals surface area contributed by atoms with E-state index in [1.54, 1.807) is 0 Å². The van der Waals surface area contributed by atoms with Crippen LogP contribution >= 0.6 is 11.6 Å². The molecule has 3 unspecified atom stereocenters. The molecule has 3 heteroatoms. The zero-order valence-corrected chi connectivity index (χ0v) is 12.6. The molecule has 0 amide bonds. The fourth-order valence-electron chi connectivity index (χ4n) is 3.57. The van der Waals surface area contributed by atoms with Crippen LogP contribution in [0.15, 0.2) is 18.2 Å². The Labute approximate surface area is 120 Å². The molecule has 19 heavy (non-hydrogen) atoms. The van der Waals surface area contributed by atoms with E-state index in [1.165, 1.54) is 17.5 Å². The second-order valence-electron chi connectivity index (χ2n) is 6.44. The number of benzene rings is 1. The van der Waals surface area contributed by atoms with Crippen LogP contribution < -0.4 is 5.32 Å². The molecule has 1 aromatic carbocycles. The third-order valence-corrected chi connectivity index (χ3v) is 5.28. The zero-order chi connectivity index (χ0) is 13.6. The Morgan fingerprint density at radius 3 is 2.84 bits per heavy atom. The first-order valence-corrected chi connectivity index (χ1v) is 7.47. The SMILES string of the molecule is COC1CC(NC2CCc3cc(Cl)ccc32)C1(C)C. The Bertz CT molecular complexity index is 486. The fraction of sp³-hybridized carbons (Fsp3) is 0.625. The number of hydrogen-bond acceptors (Lipinski definition) is 2. The van der Waals surface area contributed by atoms with Gasteiger partial charge in [-0.1, -0.05) is 31.5 Å². The lowest BCUT2D eigenvalue weighted by molar-refractivity contribution is -0.100. The fourth-order valence-corrected chi connectivity index (χ4v) is 3.77. The Kier molecular flexibility index (Phi) is 3.36. The minimum Gasteiger partial charge on any atom is -0.381 e. The average molecular weight is 280 g/mol. The molecule has 1 N–H and O–H groups in total. The number of hydrogen-bond donors (Lipinski definition) is 1. The maximum atomic E-state index is 6.06. The Morgan fingerprint density at radius 1 is 1.37 bits per heavy atom. The number of aryl methyl sites for hydroxylation is 1. The lowest BCUT2D eigenvalue weighted by atomic mass is 9.64. The highest BCUT2D eigenvalue weighted by atomic mass is 35.5. The third kappa shape index (κ3) is 2.20. The minimum atomic E-state index is 0.226. The lowest BCUT2D eigenvalue weighted by Gasteiger charge is -2.52. The van der Waals surface area contributed by atoms with Crippen molar-refractivity contribution in [2.45, 2.75) is 51.3 Å². The van der Waals surface area contributed by atoms with Gasteiger partial charge in [-0.3, -0.25) is 0 Å². The first-order valence-electron chi connectivity index (χ1n) is 7.09. The molecule has 0 bridgehead atoms. The van der Waals surface area contributed by atoms with Crippen molar-refractivity contribution in [1.29, 1.82) is 0 Å². The number of fused-ring (bicyclic) bond motifs is 1. The maximum Gasteiger partial charge on any atom is 0.0652 e. The first-order chi connectivity index (χ1) is 9.02. The number of ether oxygens (including phenoxy) is 1. The van der Waals surface area contributed by atoms with Gasteiger partial charge in [0.15, 0.2) is 0 Å². The van der Waals surface area contributed by atoms with E-state index in [4.69, 9.17) is 16.3 Å². The van der Waals surface area contributed by atoms with E-state index in [9.17, 15) is 0 Å². The Morgan fingerprint density at radius 2 is 2.16 bits per heavy atom. The summed E-state index contributed by atoms with van der Waals surface area (Å²) in [4.78, 5) is 0. The average Bonchev–Trinajstić information content (AvgIpc) is 2.76. The van der Waals surface area contributed by atoms with Crippen molar-refractivity contribution in [2.75, 3.05) is 7.11 Å². The van der Waals surface area contributed by atoms with E-state index < -0.39 is 0 Å². The summed E-state index contributed by atoms with van der Waals surface area (Å²) in [6.07, 6.45) is 3.81. The van der Waals surface area contributed by atoms with Gasteiger partial charge in [0.1, 0.15) is 0 Å². The third-order valence-electron chi connectivity index (χ3n) is 5.05. The minimum absolute atomic E-state index is 0.226. The van der Waals surface area contributed by atoms with Crippen LogP contribution in [-0.2, 0) is 11.2 Å². The summed E-state index contributed by atoms with van der Waals surface area (Å²) in [6.45, 7) is 4.58. The second kappa shape index (κ2) is 4.76. The first kappa shape index (κ1) is 13.4. The molecule has 0 aliphatic heterocycles. The van der Waals surface area contributed by atoms with Crippen LogP contribution in [-0.4, -0.2) is 19.3 Å². The monoisotopic (exact) mass is 279 g/mol. The predicted octanol–water partition coefficient (Wildman–Crippen LogP) is 3.73. The van der Waals surface area contributed by atoms with E-state index >= 15 is 0 Å². The highest BCUT2D eigenvalue weighted by molar-refractivity contribution is 6.30. The summed E-state index contributed by atoms with van der Waals surface area (Å²) in [7, 11) is 1.81. The molecule has 0 aromatic heterocycles. The molecule has 1 aromatic rings. The van der Waals surface area contributed by atoms with Crippen molar-refractivity contribution in [3.05, 3.63) is 34.3 Å². The van der Waals surface area contributed by atoms with Crippen LogP contribution in [0.2, 0.25) is 5.02 Å². The standard InChI is InChI=1S/C16H22ClNO/c1-16(2)14(9-15(16)19-3)18-13-7-4-10-8-11(17)5-6-12(10)13/h5-6,8,13-15,18H,4,7,9H2,1-3H3. The van der Waals surface area contributed by atoms with Crippen molar-refractivity contribution in [3.63, 3.8) is 0 Å². The summed E-state index contributed by atoms with van der Waals surface area (Å²) in [5.41, 5.74) is 3.07. The highest BCUT2D eigenvalue weighted by Crippen LogP contribution is 2.44. The van der Waals surface area contributed by atoms with Crippen molar-refractivity contribution in [2.24, 2.45) is 5.41 Å². The largest absolute Gasteiger partial charge is 0.381 e. The van der Waals surface area contributed by atoms with E-state index in [2.05, 4.69) is 31.3 Å². The van der Waals surface area contributed by atoms with Crippen LogP contribution in [0, 0.1) is 5.41 Å². The maximum absolute atomic E-state index is 6.06. The van der Waals surface area contributed by atoms with Gasteiger partial charge in [0.2, 0.25) is 0 Å². The van der Waals surface area contributed by atoms with Crippen LogP contribution in [0.1, 0.15) is 43.9 Å². The molecule has 0 radical (unpaired) electrons. The molecule has 0 heterocycles. The van der Waals surface area contributed by atoms with Crippen molar-refractivity contribution < 1.29 is 4.74 Å². The van der Waals surface area contributed by atoms with Crippen molar-refractivity contribution >= 4 is 11.6 Å². The van der Waals surface area contributed by atoms with Gasteiger partial charge in [-0.15, -0.1) is 0 Å². The molecule has 0 spiro atoms. The van der Waals surface area contributed by atoms with Crippen molar-refractivity contribution in [1.82, 2.24) is 5.32 Å². The Hall–Kier alpha value is -0.570. The Balaban J connectivity index is 1.71. The number of methoxy groups -OCH3 is 1. The molecule has 0 saturated heterocycles. The van der Waals surface area contributed by atoms with Gasteiger partial charge in [-0.05, 0) is 42.5 Å². The van der Waals surface area contributed by atoms with Gasteiger partial charge in [0.05, 0.1) is 6.10 Å². The molecule has 2 aliphatic carbocycles. The predicted molar refractivity (Wildman–Crippen MR) is 78.6 cm³/mol. The van der Waals surface area contributed by atoms with Crippen LogP contribution in [0.25, 0.3) is 0 Å². The topological polar surface area (TPSA) is 21.3 Å². The van der Waals surface area contributed by atoms with Crippen LogP contribution in [0.4, 0.5) is 0 Å². The molecular formula is C16H22ClNO. The van der Waals surface area contributed by atoms with Gasteiger partial charge in [0, 0.05) is 29.6 Å². The smallest absolute Gasteiger partial charge is 0.0652 e. The summed E-state index contributed by atoms with van der Waals surface area (Å²) >= 11 is 6.06. The molecular weight excluding hydrogens is 258 g/mol. The van der Waals surface area contributed by atoms with Gasteiger partial charge < -0.3 is 10.1 Å².